The molecular formula is C16H31N3O2. The highest BCUT2D eigenvalue weighted by molar-refractivity contribution is 5.74. The third kappa shape index (κ3) is 5.47. The molecule has 2 rings (SSSR count). The Morgan fingerprint density at radius 2 is 1.86 bits per heavy atom. The standard InChI is InChI=1S/C16H31N3O2/c20-14-15-8-7-13-19(15)16(21)17-9-3-1-4-10-18-11-5-2-6-12-18/h15,20H,1-14H2,(H,17,21)/t15-/m1/s1. The Hall–Kier alpha value is -0.810. The minimum absolute atomic E-state index is 0.00239. The van der Waals surface area contributed by atoms with Gasteiger partial charge in [0.2, 0.25) is 0 Å². The molecule has 0 aromatic carbocycles. The van der Waals surface area contributed by atoms with Crippen LogP contribution in [0.4, 0.5) is 4.79 Å². The van der Waals surface area contributed by atoms with Crippen LogP contribution in [-0.4, -0.2) is 66.3 Å². The van der Waals surface area contributed by atoms with Crippen molar-refractivity contribution in [3.63, 3.8) is 0 Å². The number of aliphatic hydroxyl groups is 1. The zero-order chi connectivity index (χ0) is 14.9. The highest BCUT2D eigenvalue weighted by Gasteiger charge is 2.27. The first-order chi connectivity index (χ1) is 10.3. The molecule has 5 nitrogen and oxygen atoms in total. The Morgan fingerprint density at radius 1 is 1.05 bits per heavy atom. The molecule has 0 bridgehead atoms. The lowest BCUT2D eigenvalue weighted by Crippen LogP contribution is -2.44. The lowest BCUT2D eigenvalue weighted by Gasteiger charge is -2.26. The van der Waals surface area contributed by atoms with Crippen LogP contribution in [-0.2, 0) is 0 Å². The first-order valence-electron chi connectivity index (χ1n) is 8.69. The summed E-state index contributed by atoms with van der Waals surface area (Å²) in [6, 6.07) is 0.0340. The summed E-state index contributed by atoms with van der Waals surface area (Å²) in [5, 5.41) is 12.2. The van der Waals surface area contributed by atoms with Crippen molar-refractivity contribution in [2.45, 2.75) is 57.4 Å². The molecule has 2 heterocycles. The summed E-state index contributed by atoms with van der Waals surface area (Å²) in [6.07, 6.45) is 9.52. The van der Waals surface area contributed by atoms with Gasteiger partial charge in [0.05, 0.1) is 12.6 Å². The highest BCUT2D eigenvalue weighted by Crippen LogP contribution is 2.16. The second-order valence-electron chi connectivity index (χ2n) is 6.37. The van der Waals surface area contributed by atoms with Crippen molar-refractivity contribution in [2.75, 3.05) is 39.3 Å². The molecule has 2 fully saturated rings. The van der Waals surface area contributed by atoms with Crippen molar-refractivity contribution in [3.8, 4) is 0 Å². The van der Waals surface area contributed by atoms with Gasteiger partial charge in [-0.3, -0.25) is 0 Å². The number of carbonyl (C=O) groups excluding carboxylic acids is 1. The minimum Gasteiger partial charge on any atom is -0.394 e. The third-order valence-corrected chi connectivity index (χ3v) is 4.72. The number of nitrogens with one attached hydrogen (secondary N) is 1. The Labute approximate surface area is 128 Å². The van der Waals surface area contributed by atoms with Crippen molar-refractivity contribution in [2.24, 2.45) is 0 Å². The van der Waals surface area contributed by atoms with E-state index >= 15 is 0 Å². The summed E-state index contributed by atoms with van der Waals surface area (Å²) in [7, 11) is 0. The van der Waals surface area contributed by atoms with Crippen molar-refractivity contribution < 1.29 is 9.90 Å². The summed E-state index contributed by atoms with van der Waals surface area (Å²) in [5.41, 5.74) is 0. The summed E-state index contributed by atoms with van der Waals surface area (Å²) in [6.45, 7) is 5.39. The Kier molecular flexibility index (Phi) is 7.30. The normalized spacial score (nSPS) is 23.5. The smallest absolute Gasteiger partial charge is 0.317 e. The largest absolute Gasteiger partial charge is 0.394 e. The van der Waals surface area contributed by atoms with E-state index in [1.807, 2.05) is 0 Å². The number of nitrogens with zero attached hydrogens (tertiary/aromatic N) is 2. The molecule has 0 radical (unpaired) electrons. The zero-order valence-electron chi connectivity index (χ0n) is 13.2. The van der Waals surface area contributed by atoms with Crippen LogP contribution in [0.15, 0.2) is 0 Å². The van der Waals surface area contributed by atoms with E-state index in [1.165, 1.54) is 51.7 Å². The molecule has 2 aliphatic heterocycles. The van der Waals surface area contributed by atoms with Gasteiger partial charge in [-0.05, 0) is 58.2 Å². The maximum absolute atomic E-state index is 12.0. The average Bonchev–Trinajstić information content (AvgIpc) is 3.00. The van der Waals surface area contributed by atoms with Crippen molar-refractivity contribution >= 4 is 6.03 Å². The van der Waals surface area contributed by atoms with Gasteiger partial charge in [0.15, 0.2) is 0 Å². The number of hydrogen-bond acceptors (Lipinski definition) is 3. The quantitative estimate of drug-likeness (QED) is 0.705. The molecule has 0 aromatic rings. The monoisotopic (exact) mass is 297 g/mol. The summed E-state index contributed by atoms with van der Waals surface area (Å²) < 4.78 is 0. The number of amides is 2. The van der Waals surface area contributed by atoms with Crippen LogP contribution >= 0.6 is 0 Å². The van der Waals surface area contributed by atoms with Crippen LogP contribution < -0.4 is 5.32 Å². The predicted molar refractivity (Wildman–Crippen MR) is 84.4 cm³/mol. The first kappa shape index (κ1) is 16.6. The van der Waals surface area contributed by atoms with Crippen LogP contribution in [0, 0.1) is 0 Å². The van der Waals surface area contributed by atoms with Crippen LogP contribution in [0.25, 0.3) is 0 Å². The molecule has 0 spiro atoms. The molecular weight excluding hydrogens is 266 g/mol. The van der Waals surface area contributed by atoms with E-state index in [2.05, 4.69) is 10.2 Å². The fraction of sp³-hybridized carbons (Fsp3) is 0.938. The van der Waals surface area contributed by atoms with E-state index in [4.69, 9.17) is 0 Å². The van der Waals surface area contributed by atoms with E-state index in [9.17, 15) is 9.90 Å². The topological polar surface area (TPSA) is 55.8 Å². The molecule has 2 aliphatic rings. The van der Waals surface area contributed by atoms with Crippen LogP contribution in [0.2, 0.25) is 0 Å². The predicted octanol–water partition coefficient (Wildman–Crippen LogP) is 1.81. The fourth-order valence-electron chi connectivity index (χ4n) is 3.41. The summed E-state index contributed by atoms with van der Waals surface area (Å²) in [4.78, 5) is 16.3. The van der Waals surface area contributed by atoms with E-state index in [0.717, 1.165) is 32.4 Å². The van der Waals surface area contributed by atoms with Gasteiger partial charge in [-0.1, -0.05) is 12.8 Å². The molecule has 0 aliphatic carbocycles. The molecule has 2 N–H and O–H groups in total. The lowest BCUT2D eigenvalue weighted by molar-refractivity contribution is 0.157. The van der Waals surface area contributed by atoms with Crippen LogP contribution in [0.3, 0.4) is 0 Å². The second-order valence-corrected chi connectivity index (χ2v) is 6.37. The van der Waals surface area contributed by atoms with Crippen molar-refractivity contribution in [1.29, 1.82) is 0 Å². The number of piperidine rings is 1. The zero-order valence-corrected chi connectivity index (χ0v) is 13.2. The summed E-state index contributed by atoms with van der Waals surface area (Å²) in [5.74, 6) is 0. The van der Waals surface area contributed by atoms with Crippen LogP contribution in [0.1, 0.15) is 51.4 Å². The molecule has 5 heteroatoms. The minimum atomic E-state index is 0.00239. The van der Waals surface area contributed by atoms with E-state index < -0.39 is 0 Å². The Bertz CT molecular complexity index is 306. The van der Waals surface area contributed by atoms with Gasteiger partial charge >= 0.3 is 6.03 Å². The van der Waals surface area contributed by atoms with Gasteiger partial charge < -0.3 is 20.2 Å². The number of hydrogen-bond donors (Lipinski definition) is 2. The van der Waals surface area contributed by atoms with E-state index in [0.29, 0.717) is 0 Å². The summed E-state index contributed by atoms with van der Waals surface area (Å²) >= 11 is 0. The SMILES string of the molecule is O=C(NCCCCCN1CCCCC1)N1CCC[C@@H]1CO. The maximum Gasteiger partial charge on any atom is 0.317 e. The molecule has 0 aromatic heterocycles. The van der Waals surface area contributed by atoms with E-state index in [-0.39, 0.29) is 18.7 Å². The maximum atomic E-state index is 12.0. The highest BCUT2D eigenvalue weighted by atomic mass is 16.3. The number of aliphatic hydroxyl groups excluding tert-OH is 1. The Balaban J connectivity index is 1.48. The molecule has 21 heavy (non-hydrogen) atoms. The Morgan fingerprint density at radius 3 is 2.62 bits per heavy atom. The number of likely N-dealkylation sites (tertiary alicyclic amines) is 2. The number of rotatable bonds is 7. The number of carbonyl (C=O) groups is 1. The molecule has 0 unspecified atom stereocenters. The van der Waals surface area contributed by atoms with Crippen LogP contribution in [0.5, 0.6) is 0 Å². The van der Waals surface area contributed by atoms with Crippen molar-refractivity contribution in [3.05, 3.63) is 0 Å². The van der Waals surface area contributed by atoms with E-state index in [1.54, 1.807) is 4.90 Å². The van der Waals surface area contributed by atoms with Gasteiger partial charge in [-0.2, -0.15) is 0 Å². The fourth-order valence-corrected chi connectivity index (χ4v) is 3.41. The lowest BCUT2D eigenvalue weighted by atomic mass is 10.1. The number of urea groups is 1. The van der Waals surface area contributed by atoms with Gasteiger partial charge in [-0.25, -0.2) is 4.79 Å². The molecule has 2 saturated heterocycles. The third-order valence-electron chi connectivity index (χ3n) is 4.72. The van der Waals surface area contributed by atoms with Crippen molar-refractivity contribution in [1.82, 2.24) is 15.1 Å². The van der Waals surface area contributed by atoms with Gasteiger partial charge in [0, 0.05) is 13.1 Å². The average molecular weight is 297 g/mol. The molecule has 0 saturated carbocycles. The van der Waals surface area contributed by atoms with Gasteiger partial charge in [-0.15, -0.1) is 0 Å². The molecule has 1 atom stereocenters. The molecule has 2 amide bonds. The first-order valence-corrected chi connectivity index (χ1v) is 8.69. The second kappa shape index (κ2) is 9.26. The number of unbranched alkanes of at least 4 members (excludes halogenated alkanes) is 2. The molecule has 122 valence electrons. The van der Waals surface area contributed by atoms with Gasteiger partial charge in [0.1, 0.15) is 0 Å². The van der Waals surface area contributed by atoms with Gasteiger partial charge in [0.25, 0.3) is 0 Å².